The lowest BCUT2D eigenvalue weighted by molar-refractivity contribution is 0.0111. The molecule has 0 amide bonds. The van der Waals surface area contributed by atoms with Crippen LogP contribution in [0.1, 0.15) is 64.7 Å². The van der Waals surface area contributed by atoms with Crippen molar-refractivity contribution in [3.8, 4) is 0 Å². The summed E-state index contributed by atoms with van der Waals surface area (Å²) in [6.45, 7) is 8.14. The molecule has 0 aromatic rings. The third kappa shape index (κ3) is 4.00. The van der Waals surface area contributed by atoms with Gasteiger partial charge in [0.2, 0.25) is 0 Å². The molecular weight excluding hydrogens is 260 g/mol. The average Bonchev–Trinajstić information content (AvgIpc) is 2.52. The van der Waals surface area contributed by atoms with Crippen molar-refractivity contribution in [3.05, 3.63) is 0 Å². The molecule has 0 radical (unpaired) electrons. The summed E-state index contributed by atoms with van der Waals surface area (Å²) in [5.41, 5.74) is 0.452. The van der Waals surface area contributed by atoms with Crippen molar-refractivity contribution in [3.63, 3.8) is 0 Å². The Hall–Kier alpha value is -0.120. The second-order valence-corrected chi connectivity index (χ2v) is 7.65. The quantitative estimate of drug-likeness (QED) is 0.862. The summed E-state index contributed by atoms with van der Waals surface area (Å²) in [4.78, 5) is 2.86. The highest BCUT2D eigenvalue weighted by Gasteiger charge is 2.40. The molecule has 1 unspecified atom stereocenters. The maximum absolute atomic E-state index is 5.54. The van der Waals surface area contributed by atoms with Crippen molar-refractivity contribution >= 4 is 0 Å². The van der Waals surface area contributed by atoms with E-state index < -0.39 is 0 Å². The van der Waals surface area contributed by atoms with Gasteiger partial charge >= 0.3 is 0 Å². The van der Waals surface area contributed by atoms with E-state index in [9.17, 15) is 0 Å². The second kappa shape index (κ2) is 7.43. The third-order valence-electron chi connectivity index (χ3n) is 6.00. The molecule has 2 aliphatic heterocycles. The smallest absolute Gasteiger partial charge is 0.0469 e. The van der Waals surface area contributed by atoms with E-state index in [0.29, 0.717) is 5.54 Å². The fourth-order valence-electron chi connectivity index (χ4n) is 4.69. The van der Waals surface area contributed by atoms with Gasteiger partial charge in [0, 0.05) is 44.4 Å². The highest BCUT2D eigenvalue weighted by molar-refractivity contribution is 5.00. The Morgan fingerprint density at radius 1 is 1.14 bits per heavy atom. The van der Waals surface area contributed by atoms with Crippen LogP contribution < -0.4 is 5.32 Å². The van der Waals surface area contributed by atoms with Crippen LogP contribution >= 0.6 is 0 Å². The van der Waals surface area contributed by atoms with Gasteiger partial charge < -0.3 is 10.1 Å². The summed E-state index contributed by atoms with van der Waals surface area (Å²) in [5, 5.41) is 3.97. The highest BCUT2D eigenvalue weighted by Crippen LogP contribution is 2.33. The largest absolute Gasteiger partial charge is 0.381 e. The zero-order valence-electron chi connectivity index (χ0n) is 13.9. The number of hydrogen-bond donors (Lipinski definition) is 1. The van der Waals surface area contributed by atoms with Crippen LogP contribution in [0.5, 0.6) is 0 Å². The van der Waals surface area contributed by atoms with Crippen LogP contribution in [0.2, 0.25) is 0 Å². The average molecular weight is 294 g/mol. The van der Waals surface area contributed by atoms with Crippen LogP contribution in [0.25, 0.3) is 0 Å². The molecule has 0 aromatic heterocycles. The van der Waals surface area contributed by atoms with Gasteiger partial charge in [0.05, 0.1) is 0 Å². The Morgan fingerprint density at radius 2 is 1.90 bits per heavy atom. The van der Waals surface area contributed by atoms with Crippen LogP contribution in [0, 0.1) is 5.92 Å². The number of rotatable bonds is 4. The zero-order valence-corrected chi connectivity index (χ0v) is 13.9. The van der Waals surface area contributed by atoms with Crippen molar-refractivity contribution in [2.45, 2.75) is 76.3 Å². The molecule has 21 heavy (non-hydrogen) atoms. The molecular formula is C18H34N2O. The summed E-state index contributed by atoms with van der Waals surface area (Å²) in [6.07, 6.45) is 12.3. The molecule has 0 bridgehead atoms. The van der Waals surface area contributed by atoms with E-state index in [2.05, 4.69) is 17.1 Å². The van der Waals surface area contributed by atoms with Crippen molar-refractivity contribution < 1.29 is 4.74 Å². The molecule has 2 heterocycles. The Kier molecular flexibility index (Phi) is 5.58. The summed E-state index contributed by atoms with van der Waals surface area (Å²) < 4.78 is 5.54. The zero-order chi connectivity index (χ0) is 14.5. The third-order valence-corrected chi connectivity index (χ3v) is 6.00. The van der Waals surface area contributed by atoms with Gasteiger partial charge in [-0.2, -0.15) is 0 Å². The number of nitrogens with zero attached hydrogens (tertiary/aromatic N) is 1. The molecule has 1 N–H and O–H groups in total. The number of piperazine rings is 1. The number of ether oxygens (including phenoxy) is 1. The van der Waals surface area contributed by atoms with E-state index >= 15 is 0 Å². The van der Waals surface area contributed by atoms with Crippen LogP contribution in [0.3, 0.4) is 0 Å². The van der Waals surface area contributed by atoms with Gasteiger partial charge in [-0.05, 0) is 38.0 Å². The van der Waals surface area contributed by atoms with E-state index in [1.165, 1.54) is 77.4 Å². The summed E-state index contributed by atoms with van der Waals surface area (Å²) >= 11 is 0. The summed E-state index contributed by atoms with van der Waals surface area (Å²) in [5.74, 6) is 0.872. The minimum absolute atomic E-state index is 0.452. The Bertz CT molecular complexity index is 308. The molecule has 3 rings (SSSR count). The first-order valence-corrected chi connectivity index (χ1v) is 9.38. The van der Waals surface area contributed by atoms with Gasteiger partial charge in [-0.1, -0.05) is 32.6 Å². The maximum atomic E-state index is 5.54. The predicted octanol–water partition coefficient (Wildman–Crippen LogP) is 3.19. The van der Waals surface area contributed by atoms with E-state index in [4.69, 9.17) is 4.74 Å². The van der Waals surface area contributed by atoms with Gasteiger partial charge in [0.25, 0.3) is 0 Å². The van der Waals surface area contributed by atoms with Crippen LogP contribution in [0.15, 0.2) is 0 Å². The van der Waals surface area contributed by atoms with Crippen LogP contribution in [-0.2, 0) is 4.74 Å². The molecule has 1 aliphatic carbocycles. The maximum Gasteiger partial charge on any atom is 0.0469 e. The summed E-state index contributed by atoms with van der Waals surface area (Å²) in [7, 11) is 0. The molecule has 2 saturated heterocycles. The van der Waals surface area contributed by atoms with E-state index in [1.807, 2.05) is 0 Å². The fraction of sp³-hybridized carbons (Fsp3) is 1.00. The first kappa shape index (κ1) is 15.8. The molecule has 3 heteroatoms. The fourth-order valence-corrected chi connectivity index (χ4v) is 4.69. The van der Waals surface area contributed by atoms with Gasteiger partial charge in [-0.25, -0.2) is 0 Å². The lowest BCUT2D eigenvalue weighted by atomic mass is 9.78. The first-order valence-electron chi connectivity index (χ1n) is 9.38. The molecule has 1 atom stereocenters. The van der Waals surface area contributed by atoms with Crippen molar-refractivity contribution in [2.24, 2.45) is 5.92 Å². The first-order chi connectivity index (χ1) is 10.3. The number of hydrogen-bond acceptors (Lipinski definition) is 3. The Labute approximate surface area is 130 Å². The highest BCUT2D eigenvalue weighted by atomic mass is 16.5. The SMILES string of the molecule is CCCC1CNC2(CCCCC2)CN1CC1CCOCC1. The van der Waals surface area contributed by atoms with Crippen LogP contribution in [-0.4, -0.2) is 49.3 Å². The molecule has 3 aliphatic rings. The minimum Gasteiger partial charge on any atom is -0.381 e. The molecule has 0 aromatic carbocycles. The van der Waals surface area contributed by atoms with Crippen molar-refractivity contribution in [1.29, 1.82) is 0 Å². The molecule has 122 valence electrons. The standard InChI is InChI=1S/C18H34N2O/c1-2-6-17-13-19-18(9-4-3-5-10-18)15-20(17)14-16-7-11-21-12-8-16/h16-17,19H,2-15H2,1H3. The van der Waals surface area contributed by atoms with Gasteiger partial charge in [0.1, 0.15) is 0 Å². The Balaban J connectivity index is 1.62. The minimum atomic E-state index is 0.452. The summed E-state index contributed by atoms with van der Waals surface area (Å²) in [6, 6.07) is 0.769. The second-order valence-electron chi connectivity index (χ2n) is 7.65. The lowest BCUT2D eigenvalue weighted by Gasteiger charge is -2.50. The van der Waals surface area contributed by atoms with E-state index in [-0.39, 0.29) is 0 Å². The molecule has 1 spiro atoms. The van der Waals surface area contributed by atoms with Gasteiger partial charge in [0.15, 0.2) is 0 Å². The van der Waals surface area contributed by atoms with Gasteiger partial charge in [-0.3, -0.25) is 4.90 Å². The predicted molar refractivity (Wildman–Crippen MR) is 87.6 cm³/mol. The topological polar surface area (TPSA) is 24.5 Å². The normalized spacial score (nSPS) is 31.6. The van der Waals surface area contributed by atoms with E-state index in [1.54, 1.807) is 0 Å². The lowest BCUT2D eigenvalue weighted by Crippen LogP contribution is -2.65. The van der Waals surface area contributed by atoms with Gasteiger partial charge in [-0.15, -0.1) is 0 Å². The van der Waals surface area contributed by atoms with Crippen LogP contribution in [0.4, 0.5) is 0 Å². The molecule has 1 saturated carbocycles. The molecule has 3 fully saturated rings. The Morgan fingerprint density at radius 3 is 2.62 bits per heavy atom. The van der Waals surface area contributed by atoms with Crippen molar-refractivity contribution in [2.75, 3.05) is 32.8 Å². The van der Waals surface area contributed by atoms with Crippen molar-refractivity contribution in [1.82, 2.24) is 10.2 Å². The van der Waals surface area contributed by atoms with E-state index in [0.717, 1.165) is 25.2 Å². The molecule has 3 nitrogen and oxygen atoms in total. The monoisotopic (exact) mass is 294 g/mol. The number of nitrogens with one attached hydrogen (secondary N) is 1.